The number of rotatable bonds is 1. The van der Waals surface area contributed by atoms with Crippen LogP contribution in [0.15, 0.2) is 18.2 Å². The molecule has 0 N–H and O–H groups in total. The highest BCUT2D eigenvalue weighted by Crippen LogP contribution is 2.26. The van der Waals surface area contributed by atoms with E-state index in [0.29, 0.717) is 14.8 Å². The summed E-state index contributed by atoms with van der Waals surface area (Å²) in [7, 11) is 1.46. The molecule has 0 fully saturated rings. The molecule has 0 spiro atoms. The van der Waals surface area contributed by atoms with E-state index in [1.807, 2.05) is 0 Å². The fraction of sp³-hybridized carbons (Fsp3) is 0.100. The number of fused-ring (bicyclic) bond motifs is 1. The Balaban J connectivity index is 2.85. The molecule has 5 heteroatoms. The Labute approximate surface area is 98.4 Å². The number of halogens is 3. The molecule has 0 unspecified atom stereocenters. The van der Waals surface area contributed by atoms with Crippen LogP contribution in [0, 0.1) is 15.2 Å². The lowest BCUT2D eigenvalue weighted by Gasteiger charge is -2.05. The molecule has 1 aromatic heterocycles. The molecule has 0 radical (unpaired) electrons. The van der Waals surface area contributed by atoms with E-state index in [1.54, 1.807) is 28.7 Å². The van der Waals surface area contributed by atoms with Gasteiger partial charge in [-0.3, -0.25) is 0 Å². The zero-order valence-electron chi connectivity index (χ0n) is 7.72. The van der Waals surface area contributed by atoms with Gasteiger partial charge in [-0.1, -0.05) is 0 Å². The molecule has 0 saturated carbocycles. The molecular formula is C10H6F2INO. The molecule has 0 bridgehead atoms. The first-order chi connectivity index (χ1) is 7.13. The molecule has 2 rings (SSSR count). The highest BCUT2D eigenvalue weighted by Gasteiger charge is 2.12. The van der Waals surface area contributed by atoms with Gasteiger partial charge in [0.15, 0.2) is 0 Å². The fourth-order valence-electron chi connectivity index (χ4n) is 1.28. The van der Waals surface area contributed by atoms with Crippen molar-refractivity contribution < 1.29 is 13.5 Å². The second kappa shape index (κ2) is 3.88. The predicted molar refractivity (Wildman–Crippen MR) is 60.9 cm³/mol. The lowest BCUT2D eigenvalue weighted by Crippen LogP contribution is -1.94. The first-order valence-corrected chi connectivity index (χ1v) is 5.19. The highest BCUT2D eigenvalue weighted by atomic mass is 127. The molecule has 1 heterocycles. The first kappa shape index (κ1) is 10.5. The maximum atomic E-state index is 13.3. The van der Waals surface area contributed by atoms with Crippen LogP contribution in [0.4, 0.5) is 8.78 Å². The maximum absolute atomic E-state index is 13.3. The standard InChI is InChI=1S/C10H6F2INO/c1-15-8-3-2-5-6(11)4-7(12)9(13)10(5)14-8/h2-4H,1H3. The van der Waals surface area contributed by atoms with Gasteiger partial charge in [-0.05, 0) is 28.7 Å². The summed E-state index contributed by atoms with van der Waals surface area (Å²) in [4.78, 5) is 4.01. The molecule has 0 aliphatic rings. The molecule has 0 atom stereocenters. The topological polar surface area (TPSA) is 22.1 Å². The highest BCUT2D eigenvalue weighted by molar-refractivity contribution is 14.1. The summed E-state index contributed by atoms with van der Waals surface area (Å²) in [5.41, 5.74) is 0.285. The Kier molecular flexibility index (Phi) is 2.72. The van der Waals surface area contributed by atoms with Crippen LogP contribution in [-0.2, 0) is 0 Å². The number of benzene rings is 1. The van der Waals surface area contributed by atoms with Crippen LogP contribution in [0.3, 0.4) is 0 Å². The molecule has 78 valence electrons. The Bertz CT molecular complexity index is 530. The van der Waals surface area contributed by atoms with Crippen molar-refractivity contribution in [1.82, 2.24) is 4.98 Å². The Morgan fingerprint density at radius 2 is 2.00 bits per heavy atom. The van der Waals surface area contributed by atoms with Crippen LogP contribution in [0.1, 0.15) is 0 Å². The summed E-state index contributed by atoms with van der Waals surface area (Å²) in [5.74, 6) is -0.884. The molecule has 0 saturated heterocycles. The molecule has 2 nitrogen and oxygen atoms in total. The van der Waals surface area contributed by atoms with E-state index in [1.165, 1.54) is 13.2 Å². The second-order valence-corrected chi connectivity index (χ2v) is 3.98. The first-order valence-electron chi connectivity index (χ1n) is 4.11. The fourth-order valence-corrected chi connectivity index (χ4v) is 1.85. The third kappa shape index (κ3) is 1.75. The van der Waals surface area contributed by atoms with Crippen molar-refractivity contribution in [3.8, 4) is 5.88 Å². The maximum Gasteiger partial charge on any atom is 0.213 e. The van der Waals surface area contributed by atoms with E-state index in [9.17, 15) is 8.78 Å². The third-order valence-corrected chi connectivity index (χ3v) is 3.03. The van der Waals surface area contributed by atoms with Gasteiger partial charge in [-0.15, -0.1) is 0 Å². The monoisotopic (exact) mass is 321 g/mol. The van der Waals surface area contributed by atoms with Gasteiger partial charge in [0, 0.05) is 17.5 Å². The smallest absolute Gasteiger partial charge is 0.213 e. The summed E-state index contributed by atoms with van der Waals surface area (Å²) in [6.45, 7) is 0. The van der Waals surface area contributed by atoms with E-state index < -0.39 is 11.6 Å². The summed E-state index contributed by atoms with van der Waals surface area (Å²) < 4.78 is 31.7. The average Bonchev–Trinajstić information content (AvgIpc) is 2.25. The van der Waals surface area contributed by atoms with Crippen LogP contribution in [0.2, 0.25) is 0 Å². The van der Waals surface area contributed by atoms with Gasteiger partial charge in [-0.25, -0.2) is 13.8 Å². The van der Waals surface area contributed by atoms with E-state index >= 15 is 0 Å². The average molecular weight is 321 g/mol. The Morgan fingerprint density at radius 3 is 2.67 bits per heavy atom. The van der Waals surface area contributed by atoms with Crippen LogP contribution in [0.5, 0.6) is 5.88 Å². The minimum Gasteiger partial charge on any atom is -0.481 e. The van der Waals surface area contributed by atoms with Crippen molar-refractivity contribution in [1.29, 1.82) is 0 Å². The van der Waals surface area contributed by atoms with Crippen molar-refractivity contribution >= 4 is 33.5 Å². The number of ether oxygens (including phenoxy) is 1. The second-order valence-electron chi connectivity index (χ2n) is 2.90. The SMILES string of the molecule is COc1ccc2c(F)cc(F)c(I)c2n1. The van der Waals surface area contributed by atoms with E-state index in [-0.39, 0.29) is 5.52 Å². The van der Waals surface area contributed by atoms with Crippen molar-refractivity contribution in [2.24, 2.45) is 0 Å². The number of hydrogen-bond acceptors (Lipinski definition) is 2. The van der Waals surface area contributed by atoms with Gasteiger partial charge in [0.1, 0.15) is 11.6 Å². The van der Waals surface area contributed by atoms with Crippen LogP contribution < -0.4 is 4.74 Å². The molecule has 0 aliphatic heterocycles. The molecule has 15 heavy (non-hydrogen) atoms. The van der Waals surface area contributed by atoms with Crippen molar-refractivity contribution in [3.63, 3.8) is 0 Å². The van der Waals surface area contributed by atoms with Gasteiger partial charge < -0.3 is 4.74 Å². The number of methoxy groups -OCH3 is 1. The minimum absolute atomic E-state index is 0.285. The van der Waals surface area contributed by atoms with Gasteiger partial charge >= 0.3 is 0 Å². The van der Waals surface area contributed by atoms with Gasteiger partial charge in [0.25, 0.3) is 0 Å². The number of nitrogens with zero attached hydrogens (tertiary/aromatic N) is 1. The summed E-state index contributed by atoms with van der Waals surface area (Å²) in [6, 6.07) is 3.93. The normalized spacial score (nSPS) is 10.7. The quantitative estimate of drug-likeness (QED) is 0.595. The molecular weight excluding hydrogens is 315 g/mol. The van der Waals surface area contributed by atoms with E-state index in [2.05, 4.69) is 4.98 Å². The van der Waals surface area contributed by atoms with Crippen molar-refractivity contribution in [3.05, 3.63) is 33.4 Å². The van der Waals surface area contributed by atoms with Crippen LogP contribution in [0.25, 0.3) is 10.9 Å². The number of aromatic nitrogens is 1. The van der Waals surface area contributed by atoms with Gasteiger partial charge in [-0.2, -0.15) is 0 Å². The van der Waals surface area contributed by atoms with Gasteiger partial charge in [0.05, 0.1) is 16.2 Å². The van der Waals surface area contributed by atoms with Crippen molar-refractivity contribution in [2.45, 2.75) is 0 Å². The Hall–Kier alpha value is -0.980. The minimum atomic E-state index is -0.613. The van der Waals surface area contributed by atoms with E-state index in [0.717, 1.165) is 6.07 Å². The van der Waals surface area contributed by atoms with Crippen LogP contribution in [-0.4, -0.2) is 12.1 Å². The zero-order chi connectivity index (χ0) is 11.0. The van der Waals surface area contributed by atoms with Gasteiger partial charge in [0.2, 0.25) is 5.88 Å². The number of pyridine rings is 1. The van der Waals surface area contributed by atoms with Crippen molar-refractivity contribution in [2.75, 3.05) is 7.11 Å². The molecule has 1 aromatic carbocycles. The third-order valence-electron chi connectivity index (χ3n) is 2.01. The lowest BCUT2D eigenvalue weighted by molar-refractivity contribution is 0.399. The summed E-state index contributed by atoms with van der Waals surface area (Å²) in [5, 5.41) is 0.293. The largest absolute Gasteiger partial charge is 0.481 e. The predicted octanol–water partition coefficient (Wildman–Crippen LogP) is 3.13. The Morgan fingerprint density at radius 1 is 1.27 bits per heavy atom. The molecule has 0 amide bonds. The van der Waals surface area contributed by atoms with Crippen LogP contribution >= 0.6 is 22.6 Å². The number of hydrogen-bond donors (Lipinski definition) is 0. The lowest BCUT2D eigenvalue weighted by atomic mass is 10.2. The summed E-state index contributed by atoms with van der Waals surface area (Å²) >= 11 is 1.79. The summed E-state index contributed by atoms with van der Waals surface area (Å²) in [6.07, 6.45) is 0. The van der Waals surface area contributed by atoms with E-state index in [4.69, 9.17) is 4.74 Å². The zero-order valence-corrected chi connectivity index (χ0v) is 9.88. The molecule has 2 aromatic rings. The molecule has 0 aliphatic carbocycles.